The number of nitrogens with one attached hydrogen (secondary N) is 3. The van der Waals surface area contributed by atoms with E-state index in [0.717, 1.165) is 50.3 Å². The first-order valence-corrected chi connectivity index (χ1v) is 9.32. The van der Waals surface area contributed by atoms with Gasteiger partial charge < -0.3 is 10.3 Å². The first-order chi connectivity index (χ1) is 13.7. The summed E-state index contributed by atoms with van der Waals surface area (Å²) in [6, 6.07) is 16.7. The molecule has 138 valence electrons. The first-order valence-electron chi connectivity index (χ1n) is 9.32. The Morgan fingerprint density at radius 1 is 0.929 bits per heavy atom. The quantitative estimate of drug-likeness (QED) is 0.417. The highest BCUT2D eigenvalue weighted by atomic mass is 15.1. The number of hydrogen-bond donors (Lipinski definition) is 3. The lowest BCUT2D eigenvalue weighted by Crippen LogP contribution is -2.09. The van der Waals surface area contributed by atoms with Crippen LogP contribution in [0.25, 0.3) is 44.6 Å². The number of aromatic amines is 2. The molecule has 6 nitrogen and oxygen atoms in total. The Labute approximate surface area is 162 Å². The summed E-state index contributed by atoms with van der Waals surface area (Å²) in [5, 5.41) is 12.0. The van der Waals surface area contributed by atoms with Crippen LogP contribution in [0.5, 0.6) is 0 Å². The lowest BCUT2D eigenvalue weighted by Gasteiger charge is -2.11. The van der Waals surface area contributed by atoms with Gasteiger partial charge in [0.1, 0.15) is 5.69 Å². The van der Waals surface area contributed by atoms with Gasteiger partial charge >= 0.3 is 0 Å². The van der Waals surface area contributed by atoms with Crippen LogP contribution in [0.3, 0.4) is 0 Å². The fourth-order valence-corrected chi connectivity index (χ4v) is 3.45. The normalized spacial score (nSPS) is 11.5. The Hall–Kier alpha value is -3.67. The van der Waals surface area contributed by atoms with Crippen LogP contribution in [0.15, 0.2) is 60.9 Å². The molecule has 0 spiro atoms. The van der Waals surface area contributed by atoms with Crippen molar-refractivity contribution in [1.82, 2.24) is 25.1 Å². The van der Waals surface area contributed by atoms with Crippen LogP contribution in [0, 0.1) is 0 Å². The van der Waals surface area contributed by atoms with Crippen LogP contribution >= 0.6 is 0 Å². The van der Waals surface area contributed by atoms with Gasteiger partial charge in [-0.05, 0) is 49.7 Å². The fourth-order valence-electron chi connectivity index (χ4n) is 3.45. The minimum Gasteiger partial charge on any atom is -0.382 e. The van der Waals surface area contributed by atoms with Gasteiger partial charge in [-0.25, -0.2) is 4.98 Å². The van der Waals surface area contributed by atoms with Gasteiger partial charge in [0.05, 0.1) is 22.2 Å². The highest BCUT2D eigenvalue weighted by Crippen LogP contribution is 2.30. The van der Waals surface area contributed by atoms with Gasteiger partial charge in [0.15, 0.2) is 5.82 Å². The second-order valence-electron chi connectivity index (χ2n) is 7.20. The van der Waals surface area contributed by atoms with E-state index in [9.17, 15) is 0 Å². The van der Waals surface area contributed by atoms with Crippen LogP contribution in [-0.2, 0) is 0 Å². The molecule has 0 aliphatic heterocycles. The van der Waals surface area contributed by atoms with E-state index in [1.54, 1.807) is 0 Å². The minimum absolute atomic E-state index is 0.355. The number of nitrogens with zero attached hydrogens (tertiary/aromatic N) is 3. The predicted octanol–water partition coefficient (Wildman–Crippen LogP) is 4.99. The number of rotatable bonds is 4. The Morgan fingerprint density at radius 2 is 1.82 bits per heavy atom. The number of aromatic nitrogens is 5. The zero-order chi connectivity index (χ0) is 19.1. The third-order valence-electron chi connectivity index (χ3n) is 4.70. The van der Waals surface area contributed by atoms with Crippen LogP contribution in [0.4, 0.5) is 5.69 Å². The summed E-state index contributed by atoms with van der Waals surface area (Å²) in [5.74, 6) is 0.762. The summed E-state index contributed by atoms with van der Waals surface area (Å²) in [5.41, 5.74) is 6.89. The van der Waals surface area contributed by atoms with Gasteiger partial charge in [0.2, 0.25) is 0 Å². The molecule has 28 heavy (non-hydrogen) atoms. The lowest BCUT2D eigenvalue weighted by molar-refractivity contribution is 0.898. The van der Waals surface area contributed by atoms with Gasteiger partial charge in [-0.1, -0.05) is 18.2 Å². The van der Waals surface area contributed by atoms with Crippen molar-refractivity contribution in [3.8, 4) is 22.6 Å². The number of benzene rings is 2. The van der Waals surface area contributed by atoms with Gasteiger partial charge in [0, 0.05) is 29.4 Å². The number of para-hydroxylation sites is 2. The molecule has 0 unspecified atom stereocenters. The van der Waals surface area contributed by atoms with Crippen molar-refractivity contribution in [2.45, 2.75) is 19.9 Å². The Bertz CT molecular complexity index is 1250. The molecular formula is C22H20N6. The van der Waals surface area contributed by atoms with E-state index in [-0.39, 0.29) is 0 Å². The maximum absolute atomic E-state index is 4.69. The molecule has 0 atom stereocenters. The summed E-state index contributed by atoms with van der Waals surface area (Å²) in [6.07, 6.45) is 3.73. The van der Waals surface area contributed by atoms with Gasteiger partial charge in [0.25, 0.3) is 0 Å². The second kappa shape index (κ2) is 6.49. The highest BCUT2D eigenvalue weighted by Gasteiger charge is 2.13. The van der Waals surface area contributed by atoms with Gasteiger partial charge in [-0.2, -0.15) is 5.10 Å². The molecule has 6 heteroatoms. The molecule has 0 bridgehead atoms. The van der Waals surface area contributed by atoms with E-state index < -0.39 is 0 Å². The SMILES string of the molecule is CC(C)Nc1cncc(-c2ccc3[nH]nc(-c4nc5ccccc5[nH]4)c3c2)c1. The molecule has 0 radical (unpaired) electrons. The van der Waals surface area contributed by atoms with E-state index in [4.69, 9.17) is 4.98 Å². The Morgan fingerprint density at radius 3 is 2.68 bits per heavy atom. The molecule has 0 fully saturated rings. The molecule has 0 amide bonds. The second-order valence-corrected chi connectivity index (χ2v) is 7.20. The summed E-state index contributed by atoms with van der Waals surface area (Å²) < 4.78 is 0. The maximum Gasteiger partial charge on any atom is 0.159 e. The first kappa shape index (κ1) is 16.5. The third-order valence-corrected chi connectivity index (χ3v) is 4.70. The number of anilines is 1. The van der Waals surface area contributed by atoms with Gasteiger partial charge in [-0.3, -0.25) is 10.1 Å². The van der Waals surface area contributed by atoms with Crippen LogP contribution in [-0.4, -0.2) is 31.2 Å². The molecule has 3 heterocycles. The Kier molecular flexibility index (Phi) is 3.83. The van der Waals surface area contributed by atoms with Crippen molar-refractivity contribution in [3.05, 3.63) is 60.9 Å². The topological polar surface area (TPSA) is 82.3 Å². The smallest absolute Gasteiger partial charge is 0.159 e. The summed E-state index contributed by atoms with van der Waals surface area (Å²) in [6.45, 7) is 4.23. The molecule has 0 aliphatic rings. The summed E-state index contributed by atoms with van der Waals surface area (Å²) in [4.78, 5) is 12.4. The van der Waals surface area contributed by atoms with Crippen molar-refractivity contribution >= 4 is 27.6 Å². The van der Waals surface area contributed by atoms with Crippen molar-refractivity contribution in [2.24, 2.45) is 0 Å². The molecule has 5 aromatic rings. The number of fused-ring (bicyclic) bond motifs is 2. The van der Waals surface area contributed by atoms with Crippen molar-refractivity contribution in [3.63, 3.8) is 0 Å². The standard InChI is InChI=1S/C22H20N6/c1-13(2)24-16-9-15(11-23-12-16)14-7-8-18-17(10-14)21(28-27-18)22-25-19-5-3-4-6-20(19)26-22/h3-13,24H,1-2H3,(H,25,26)(H,27,28). The van der Waals surface area contributed by atoms with E-state index in [1.165, 1.54) is 0 Å². The van der Waals surface area contributed by atoms with E-state index in [2.05, 4.69) is 57.5 Å². The minimum atomic E-state index is 0.355. The van der Waals surface area contributed by atoms with E-state index in [0.29, 0.717) is 6.04 Å². The van der Waals surface area contributed by atoms with Crippen molar-refractivity contribution < 1.29 is 0 Å². The lowest BCUT2D eigenvalue weighted by atomic mass is 10.0. The van der Waals surface area contributed by atoms with Crippen LogP contribution in [0.2, 0.25) is 0 Å². The van der Waals surface area contributed by atoms with Crippen LogP contribution < -0.4 is 5.32 Å². The Balaban J connectivity index is 1.60. The molecular weight excluding hydrogens is 348 g/mol. The molecule has 3 N–H and O–H groups in total. The van der Waals surface area contributed by atoms with Gasteiger partial charge in [-0.15, -0.1) is 0 Å². The highest BCUT2D eigenvalue weighted by molar-refractivity contribution is 5.95. The maximum atomic E-state index is 4.69. The average molecular weight is 368 g/mol. The van der Waals surface area contributed by atoms with Crippen molar-refractivity contribution in [2.75, 3.05) is 5.32 Å². The predicted molar refractivity (Wildman–Crippen MR) is 113 cm³/mol. The summed E-state index contributed by atoms with van der Waals surface area (Å²) >= 11 is 0. The average Bonchev–Trinajstić information content (AvgIpc) is 3.30. The number of imidazole rings is 1. The molecule has 0 saturated heterocycles. The molecule has 2 aromatic carbocycles. The number of H-pyrrole nitrogens is 2. The molecule has 5 rings (SSSR count). The zero-order valence-corrected chi connectivity index (χ0v) is 15.7. The number of pyridine rings is 1. The fraction of sp³-hybridized carbons (Fsp3) is 0.136. The third kappa shape index (κ3) is 2.89. The molecule has 0 aliphatic carbocycles. The molecule has 3 aromatic heterocycles. The number of hydrogen-bond acceptors (Lipinski definition) is 4. The summed E-state index contributed by atoms with van der Waals surface area (Å²) in [7, 11) is 0. The van der Waals surface area contributed by atoms with E-state index >= 15 is 0 Å². The van der Waals surface area contributed by atoms with Crippen LogP contribution in [0.1, 0.15) is 13.8 Å². The zero-order valence-electron chi connectivity index (χ0n) is 15.7. The van der Waals surface area contributed by atoms with Crippen molar-refractivity contribution in [1.29, 1.82) is 0 Å². The monoisotopic (exact) mass is 368 g/mol. The van der Waals surface area contributed by atoms with E-state index in [1.807, 2.05) is 42.7 Å². The molecule has 0 saturated carbocycles. The largest absolute Gasteiger partial charge is 0.382 e.